The summed E-state index contributed by atoms with van der Waals surface area (Å²) in [5, 5.41) is 14.0. The van der Waals surface area contributed by atoms with Gasteiger partial charge >= 0.3 is 12.0 Å². The van der Waals surface area contributed by atoms with Crippen LogP contribution in [0.15, 0.2) is 18.2 Å². The number of aromatic carboxylic acids is 1. The highest BCUT2D eigenvalue weighted by atomic mass is 19.1. The lowest BCUT2D eigenvalue weighted by molar-refractivity contribution is 0.0692. The van der Waals surface area contributed by atoms with Crippen molar-refractivity contribution < 1.29 is 19.1 Å². The van der Waals surface area contributed by atoms with Gasteiger partial charge in [0.1, 0.15) is 5.82 Å². The Morgan fingerprint density at radius 2 is 2.06 bits per heavy atom. The first-order valence-corrected chi connectivity index (χ1v) is 5.66. The van der Waals surface area contributed by atoms with Crippen LogP contribution in [0.5, 0.6) is 0 Å². The van der Waals surface area contributed by atoms with Gasteiger partial charge in [0.15, 0.2) is 0 Å². The van der Waals surface area contributed by atoms with Gasteiger partial charge in [-0.3, -0.25) is 0 Å². The Balaban J connectivity index is 2.02. The van der Waals surface area contributed by atoms with E-state index in [-0.39, 0.29) is 11.7 Å². The van der Waals surface area contributed by atoms with Crippen molar-refractivity contribution in [3.05, 3.63) is 29.6 Å². The van der Waals surface area contributed by atoms with Gasteiger partial charge in [-0.05, 0) is 37.5 Å². The fourth-order valence-electron chi connectivity index (χ4n) is 1.67. The molecule has 1 aliphatic rings. The number of amides is 2. The van der Waals surface area contributed by atoms with Crippen molar-refractivity contribution in [2.45, 2.75) is 25.3 Å². The Morgan fingerprint density at radius 1 is 1.33 bits per heavy atom. The molecule has 0 unspecified atom stereocenters. The van der Waals surface area contributed by atoms with E-state index in [9.17, 15) is 14.0 Å². The van der Waals surface area contributed by atoms with E-state index in [1.807, 2.05) is 0 Å². The second-order valence-electron chi connectivity index (χ2n) is 4.23. The maximum atomic E-state index is 13.1. The molecule has 5 nitrogen and oxygen atoms in total. The van der Waals surface area contributed by atoms with Gasteiger partial charge in [-0.15, -0.1) is 0 Å². The van der Waals surface area contributed by atoms with Gasteiger partial charge in [0.25, 0.3) is 0 Å². The van der Waals surface area contributed by atoms with Crippen LogP contribution in [0.4, 0.5) is 14.9 Å². The predicted molar refractivity (Wildman–Crippen MR) is 63.2 cm³/mol. The average molecular weight is 252 g/mol. The third kappa shape index (κ3) is 2.77. The number of carbonyl (C=O) groups excluding carboxylic acids is 1. The van der Waals surface area contributed by atoms with Crippen LogP contribution in [0.2, 0.25) is 0 Å². The lowest BCUT2D eigenvalue weighted by atomic mass is 9.93. The molecule has 3 N–H and O–H groups in total. The number of anilines is 1. The Kier molecular flexibility index (Phi) is 3.45. The fourth-order valence-corrected chi connectivity index (χ4v) is 1.67. The van der Waals surface area contributed by atoms with E-state index in [0.717, 1.165) is 31.4 Å². The Labute approximate surface area is 103 Å². The van der Waals surface area contributed by atoms with Crippen molar-refractivity contribution in [2.24, 2.45) is 0 Å². The lowest BCUT2D eigenvalue weighted by Gasteiger charge is -2.26. The first-order chi connectivity index (χ1) is 8.56. The fraction of sp³-hybridized carbons (Fsp3) is 0.333. The van der Waals surface area contributed by atoms with Crippen LogP contribution in [0.25, 0.3) is 0 Å². The van der Waals surface area contributed by atoms with Crippen molar-refractivity contribution in [1.82, 2.24) is 5.32 Å². The van der Waals surface area contributed by atoms with Crippen LogP contribution in [0.3, 0.4) is 0 Å². The van der Waals surface area contributed by atoms with Gasteiger partial charge in [0, 0.05) is 11.7 Å². The molecule has 18 heavy (non-hydrogen) atoms. The number of benzene rings is 1. The molecule has 0 spiro atoms. The summed E-state index contributed by atoms with van der Waals surface area (Å²) in [6.07, 6.45) is 3.01. The molecule has 1 aromatic rings. The summed E-state index contributed by atoms with van der Waals surface area (Å²) in [4.78, 5) is 22.2. The highest BCUT2D eigenvalue weighted by Gasteiger charge is 2.19. The number of carboxylic acid groups (broad SMARTS) is 1. The number of urea groups is 1. The topological polar surface area (TPSA) is 78.4 Å². The molecule has 0 atom stereocenters. The van der Waals surface area contributed by atoms with Gasteiger partial charge in [-0.1, -0.05) is 0 Å². The quantitative estimate of drug-likeness (QED) is 0.771. The summed E-state index contributed by atoms with van der Waals surface area (Å²) in [5.41, 5.74) is -0.206. The minimum Gasteiger partial charge on any atom is -0.478 e. The van der Waals surface area contributed by atoms with Gasteiger partial charge in [-0.25, -0.2) is 14.0 Å². The van der Waals surface area contributed by atoms with Crippen LogP contribution in [0.1, 0.15) is 29.6 Å². The Bertz CT molecular complexity index is 486. The summed E-state index contributed by atoms with van der Waals surface area (Å²) in [6, 6.07) is 3.22. The first kappa shape index (κ1) is 12.3. The van der Waals surface area contributed by atoms with Gasteiger partial charge in [0.05, 0.1) is 5.56 Å². The molecule has 1 aliphatic carbocycles. The highest BCUT2D eigenvalue weighted by molar-refractivity contribution is 5.93. The molecule has 0 saturated heterocycles. The van der Waals surface area contributed by atoms with Crippen molar-refractivity contribution >= 4 is 17.7 Å². The van der Waals surface area contributed by atoms with Crippen LogP contribution in [0, 0.1) is 5.82 Å². The molecule has 1 saturated carbocycles. The number of hydrogen-bond acceptors (Lipinski definition) is 2. The molecular weight excluding hydrogens is 239 g/mol. The first-order valence-electron chi connectivity index (χ1n) is 5.66. The summed E-state index contributed by atoms with van der Waals surface area (Å²) >= 11 is 0. The Morgan fingerprint density at radius 3 is 2.61 bits per heavy atom. The molecule has 2 rings (SSSR count). The number of halogens is 1. The molecule has 96 valence electrons. The molecule has 0 aromatic heterocycles. The molecule has 1 fully saturated rings. The van der Waals surface area contributed by atoms with Crippen LogP contribution in [-0.4, -0.2) is 23.1 Å². The van der Waals surface area contributed by atoms with Crippen molar-refractivity contribution in [1.29, 1.82) is 0 Å². The van der Waals surface area contributed by atoms with Crippen molar-refractivity contribution in [2.75, 3.05) is 5.32 Å². The van der Waals surface area contributed by atoms with E-state index in [0.29, 0.717) is 0 Å². The monoisotopic (exact) mass is 252 g/mol. The minimum atomic E-state index is -1.37. The molecule has 6 heteroatoms. The zero-order chi connectivity index (χ0) is 13.1. The van der Waals surface area contributed by atoms with Crippen LogP contribution < -0.4 is 10.6 Å². The molecule has 0 aliphatic heterocycles. The molecule has 1 aromatic carbocycles. The average Bonchev–Trinajstić information content (AvgIpc) is 2.26. The maximum absolute atomic E-state index is 13.1. The van der Waals surface area contributed by atoms with E-state index in [4.69, 9.17) is 5.11 Å². The number of carbonyl (C=O) groups is 2. The molecule has 0 radical (unpaired) electrons. The highest BCUT2D eigenvalue weighted by Crippen LogP contribution is 2.19. The predicted octanol–water partition coefficient (Wildman–Crippen LogP) is 2.20. The van der Waals surface area contributed by atoms with Crippen LogP contribution >= 0.6 is 0 Å². The standard InChI is InChI=1S/C12H13FN2O3/c13-10-5-4-8(6-9(10)11(16)17)15-12(18)14-7-2-1-3-7/h4-7H,1-3H2,(H,16,17)(H2,14,15,18). The van der Waals surface area contributed by atoms with Gasteiger partial charge in [0.2, 0.25) is 0 Å². The normalized spacial score (nSPS) is 14.7. The largest absolute Gasteiger partial charge is 0.478 e. The summed E-state index contributed by atoms with van der Waals surface area (Å²) in [7, 11) is 0. The lowest BCUT2D eigenvalue weighted by Crippen LogP contribution is -2.41. The SMILES string of the molecule is O=C(Nc1ccc(F)c(C(=O)O)c1)NC1CCC1. The zero-order valence-electron chi connectivity index (χ0n) is 9.57. The third-order valence-corrected chi connectivity index (χ3v) is 2.90. The van der Waals surface area contributed by atoms with E-state index >= 15 is 0 Å². The van der Waals surface area contributed by atoms with E-state index in [1.165, 1.54) is 6.07 Å². The molecule has 2 amide bonds. The molecule has 0 bridgehead atoms. The van der Waals surface area contributed by atoms with E-state index in [1.54, 1.807) is 0 Å². The van der Waals surface area contributed by atoms with E-state index in [2.05, 4.69) is 10.6 Å². The summed E-state index contributed by atoms with van der Waals surface area (Å²) < 4.78 is 13.1. The van der Waals surface area contributed by atoms with Gasteiger partial charge < -0.3 is 15.7 Å². The van der Waals surface area contributed by atoms with E-state index < -0.39 is 23.4 Å². The summed E-state index contributed by atoms with van der Waals surface area (Å²) in [6.45, 7) is 0. The molecule has 0 heterocycles. The summed E-state index contributed by atoms with van der Waals surface area (Å²) in [5.74, 6) is -2.19. The van der Waals surface area contributed by atoms with Crippen molar-refractivity contribution in [3.63, 3.8) is 0 Å². The van der Waals surface area contributed by atoms with Crippen LogP contribution in [-0.2, 0) is 0 Å². The number of hydrogen-bond donors (Lipinski definition) is 3. The second kappa shape index (κ2) is 5.03. The second-order valence-corrected chi connectivity index (χ2v) is 4.23. The maximum Gasteiger partial charge on any atom is 0.338 e. The van der Waals surface area contributed by atoms with Crippen molar-refractivity contribution in [3.8, 4) is 0 Å². The number of rotatable bonds is 3. The smallest absolute Gasteiger partial charge is 0.338 e. The third-order valence-electron chi connectivity index (χ3n) is 2.90. The number of nitrogens with one attached hydrogen (secondary N) is 2. The number of carboxylic acids is 1. The molecular formula is C12H13FN2O3. The Hall–Kier alpha value is -2.11. The zero-order valence-corrected chi connectivity index (χ0v) is 9.57. The minimum absolute atomic E-state index is 0.185. The van der Waals surface area contributed by atoms with Gasteiger partial charge in [-0.2, -0.15) is 0 Å².